The molecular formula is C15H23N. The number of fused-ring (bicyclic) bond motifs is 1. The lowest BCUT2D eigenvalue weighted by molar-refractivity contribution is 0.495. The van der Waals surface area contributed by atoms with E-state index in [4.69, 9.17) is 0 Å². The van der Waals surface area contributed by atoms with Gasteiger partial charge in [0.25, 0.3) is 0 Å². The molecule has 1 nitrogen and oxygen atoms in total. The number of hydrogen-bond donors (Lipinski definition) is 0. The van der Waals surface area contributed by atoms with Gasteiger partial charge in [-0.3, -0.25) is 0 Å². The molecular weight excluding hydrogens is 194 g/mol. The largest absolute Gasteiger partial charge is 0.368 e. The minimum Gasteiger partial charge on any atom is -0.368 e. The molecule has 88 valence electrons. The Bertz CT molecular complexity index is 368. The summed E-state index contributed by atoms with van der Waals surface area (Å²) in [5, 5.41) is 0. The van der Waals surface area contributed by atoms with Gasteiger partial charge >= 0.3 is 0 Å². The van der Waals surface area contributed by atoms with Gasteiger partial charge in [-0.25, -0.2) is 0 Å². The third kappa shape index (κ3) is 2.23. The van der Waals surface area contributed by atoms with Gasteiger partial charge in [-0.05, 0) is 49.8 Å². The standard InChI is InChI=1S/C15H23N/c1-11(2)9-13(4)16-8-7-14-6-5-12(3)10-15(14)16/h5-6,10-11,13H,7-9H2,1-4H3. The fourth-order valence-electron chi connectivity index (χ4n) is 2.78. The molecule has 1 aliphatic heterocycles. The van der Waals surface area contributed by atoms with E-state index in [0.717, 1.165) is 5.92 Å². The van der Waals surface area contributed by atoms with Crippen LogP contribution in [0.25, 0.3) is 0 Å². The molecule has 16 heavy (non-hydrogen) atoms. The third-order valence-electron chi connectivity index (χ3n) is 3.52. The van der Waals surface area contributed by atoms with Gasteiger partial charge in [-0.15, -0.1) is 0 Å². The predicted octanol–water partition coefficient (Wildman–Crippen LogP) is 3.79. The summed E-state index contributed by atoms with van der Waals surface area (Å²) in [6, 6.07) is 7.55. The molecule has 0 fully saturated rings. The molecule has 0 aromatic heterocycles. The van der Waals surface area contributed by atoms with Gasteiger partial charge in [0.1, 0.15) is 0 Å². The van der Waals surface area contributed by atoms with Gasteiger partial charge in [-0.2, -0.15) is 0 Å². The van der Waals surface area contributed by atoms with E-state index in [1.807, 2.05) is 0 Å². The zero-order valence-corrected chi connectivity index (χ0v) is 11.0. The summed E-state index contributed by atoms with van der Waals surface area (Å²) in [5.41, 5.74) is 4.39. The Morgan fingerprint density at radius 3 is 2.69 bits per heavy atom. The molecule has 0 N–H and O–H groups in total. The Morgan fingerprint density at radius 1 is 1.25 bits per heavy atom. The smallest absolute Gasteiger partial charge is 0.0404 e. The quantitative estimate of drug-likeness (QED) is 0.744. The Labute approximate surface area is 99.5 Å². The minimum atomic E-state index is 0.669. The highest BCUT2D eigenvalue weighted by atomic mass is 15.2. The number of hydrogen-bond acceptors (Lipinski definition) is 1. The van der Waals surface area contributed by atoms with Gasteiger partial charge in [0.05, 0.1) is 0 Å². The first-order valence-electron chi connectivity index (χ1n) is 6.44. The van der Waals surface area contributed by atoms with Crippen LogP contribution in [0, 0.1) is 12.8 Å². The van der Waals surface area contributed by atoms with Crippen molar-refractivity contribution in [3.63, 3.8) is 0 Å². The molecule has 2 rings (SSSR count). The van der Waals surface area contributed by atoms with Crippen molar-refractivity contribution < 1.29 is 0 Å². The summed E-state index contributed by atoms with van der Waals surface area (Å²) in [5.74, 6) is 0.781. The van der Waals surface area contributed by atoms with Crippen molar-refractivity contribution in [1.29, 1.82) is 0 Å². The zero-order chi connectivity index (χ0) is 11.7. The third-order valence-corrected chi connectivity index (χ3v) is 3.52. The van der Waals surface area contributed by atoms with Gasteiger partial charge in [-0.1, -0.05) is 26.0 Å². The van der Waals surface area contributed by atoms with Crippen molar-refractivity contribution in [2.45, 2.75) is 46.6 Å². The van der Waals surface area contributed by atoms with E-state index in [2.05, 4.69) is 50.8 Å². The first kappa shape index (κ1) is 11.5. The summed E-state index contributed by atoms with van der Waals surface area (Å²) in [6.45, 7) is 10.4. The summed E-state index contributed by atoms with van der Waals surface area (Å²) < 4.78 is 0. The summed E-state index contributed by atoms with van der Waals surface area (Å²) in [7, 11) is 0. The molecule has 0 bridgehead atoms. The number of benzene rings is 1. The van der Waals surface area contributed by atoms with Crippen LogP contribution in [0.2, 0.25) is 0 Å². The molecule has 0 spiro atoms. The molecule has 1 unspecified atom stereocenters. The Morgan fingerprint density at radius 2 is 2.00 bits per heavy atom. The average molecular weight is 217 g/mol. The Kier molecular flexibility index (Phi) is 3.22. The molecule has 0 amide bonds. The normalized spacial score (nSPS) is 16.7. The number of aryl methyl sites for hydroxylation is 1. The minimum absolute atomic E-state index is 0.669. The van der Waals surface area contributed by atoms with Gasteiger partial charge in [0, 0.05) is 18.3 Å². The van der Waals surface area contributed by atoms with Crippen molar-refractivity contribution in [3.8, 4) is 0 Å². The van der Waals surface area contributed by atoms with Gasteiger partial charge < -0.3 is 4.90 Å². The number of nitrogens with zero attached hydrogens (tertiary/aromatic N) is 1. The van der Waals surface area contributed by atoms with Crippen LogP contribution in [-0.4, -0.2) is 12.6 Å². The highest BCUT2D eigenvalue weighted by Crippen LogP contribution is 2.31. The van der Waals surface area contributed by atoms with E-state index in [9.17, 15) is 0 Å². The van der Waals surface area contributed by atoms with Crippen LogP contribution < -0.4 is 4.90 Å². The van der Waals surface area contributed by atoms with Crippen molar-refractivity contribution in [2.24, 2.45) is 5.92 Å². The van der Waals surface area contributed by atoms with Gasteiger partial charge in [0.15, 0.2) is 0 Å². The summed E-state index contributed by atoms with van der Waals surface area (Å²) in [4.78, 5) is 2.59. The van der Waals surface area contributed by atoms with Crippen LogP contribution in [0.1, 0.15) is 38.3 Å². The second-order valence-corrected chi connectivity index (χ2v) is 5.55. The molecule has 1 heterocycles. The van der Waals surface area contributed by atoms with Gasteiger partial charge in [0.2, 0.25) is 0 Å². The molecule has 1 aliphatic rings. The molecule has 1 atom stereocenters. The molecule has 0 radical (unpaired) electrons. The lowest BCUT2D eigenvalue weighted by Gasteiger charge is -2.28. The Hall–Kier alpha value is -0.980. The second-order valence-electron chi connectivity index (χ2n) is 5.55. The second kappa shape index (κ2) is 4.48. The zero-order valence-electron chi connectivity index (χ0n) is 11.0. The Balaban J connectivity index is 2.19. The maximum atomic E-state index is 2.59. The van der Waals surface area contributed by atoms with E-state index in [1.165, 1.54) is 36.2 Å². The summed E-state index contributed by atoms with van der Waals surface area (Å²) >= 11 is 0. The summed E-state index contributed by atoms with van der Waals surface area (Å²) in [6.07, 6.45) is 2.51. The molecule has 1 aromatic rings. The number of anilines is 1. The van der Waals surface area contributed by atoms with E-state index < -0.39 is 0 Å². The van der Waals surface area contributed by atoms with Crippen LogP contribution in [-0.2, 0) is 6.42 Å². The predicted molar refractivity (Wildman–Crippen MR) is 71.1 cm³/mol. The van der Waals surface area contributed by atoms with E-state index in [-0.39, 0.29) is 0 Å². The van der Waals surface area contributed by atoms with Crippen LogP contribution >= 0.6 is 0 Å². The van der Waals surface area contributed by atoms with Crippen LogP contribution in [0.15, 0.2) is 18.2 Å². The fourth-order valence-corrected chi connectivity index (χ4v) is 2.78. The van der Waals surface area contributed by atoms with Crippen LogP contribution in [0.3, 0.4) is 0 Å². The highest BCUT2D eigenvalue weighted by molar-refractivity contribution is 5.60. The molecule has 0 saturated carbocycles. The lowest BCUT2D eigenvalue weighted by Crippen LogP contribution is -2.32. The van der Waals surface area contributed by atoms with Crippen molar-refractivity contribution in [1.82, 2.24) is 0 Å². The van der Waals surface area contributed by atoms with Crippen molar-refractivity contribution in [2.75, 3.05) is 11.4 Å². The molecule has 1 heteroatoms. The van der Waals surface area contributed by atoms with E-state index in [1.54, 1.807) is 0 Å². The lowest BCUT2D eigenvalue weighted by atomic mass is 10.0. The number of rotatable bonds is 3. The molecule has 0 saturated heterocycles. The maximum absolute atomic E-state index is 2.59. The first-order valence-corrected chi connectivity index (χ1v) is 6.44. The maximum Gasteiger partial charge on any atom is 0.0404 e. The monoisotopic (exact) mass is 217 g/mol. The first-order chi connectivity index (χ1) is 7.58. The fraction of sp³-hybridized carbons (Fsp3) is 0.600. The topological polar surface area (TPSA) is 3.24 Å². The van der Waals surface area contributed by atoms with Crippen LogP contribution in [0.4, 0.5) is 5.69 Å². The van der Waals surface area contributed by atoms with Crippen molar-refractivity contribution >= 4 is 5.69 Å². The van der Waals surface area contributed by atoms with Crippen LogP contribution in [0.5, 0.6) is 0 Å². The van der Waals surface area contributed by atoms with Crippen molar-refractivity contribution in [3.05, 3.63) is 29.3 Å². The average Bonchev–Trinajstić information content (AvgIpc) is 2.59. The van der Waals surface area contributed by atoms with E-state index in [0.29, 0.717) is 6.04 Å². The van der Waals surface area contributed by atoms with E-state index >= 15 is 0 Å². The molecule has 0 aliphatic carbocycles. The SMILES string of the molecule is Cc1ccc2c(c1)N(C(C)CC(C)C)CC2. The molecule has 1 aromatic carbocycles. The highest BCUT2D eigenvalue weighted by Gasteiger charge is 2.23.